The Morgan fingerprint density at radius 2 is 1.79 bits per heavy atom. The van der Waals surface area contributed by atoms with Crippen LogP contribution in [0.5, 0.6) is 0 Å². The second kappa shape index (κ2) is 12.5. The van der Waals surface area contributed by atoms with Crippen LogP contribution < -0.4 is 9.47 Å². The lowest BCUT2D eigenvalue weighted by Gasteiger charge is -2.22. The van der Waals surface area contributed by atoms with Crippen LogP contribution in [0.25, 0.3) is 0 Å². The second-order valence-corrected chi connectivity index (χ2v) is 7.75. The molecule has 182 valence electrons. The SMILES string of the molecule is CCN(CCOC(=O)c1ccccc1)c1ccc(N=Nc2n(C)nc[n+]2C)cc1.O=S(=O)([O-])O. The van der Waals surface area contributed by atoms with Gasteiger partial charge in [-0.2, -0.15) is 0 Å². The Bertz CT molecular complexity index is 1170. The first-order valence-corrected chi connectivity index (χ1v) is 11.5. The number of nitrogens with zero attached hydrogens (tertiary/aromatic N) is 6. The molecule has 0 fully saturated rings. The first-order valence-electron chi connectivity index (χ1n) is 10.1. The minimum absolute atomic E-state index is 0.305. The fourth-order valence-electron chi connectivity index (χ4n) is 2.83. The van der Waals surface area contributed by atoms with Gasteiger partial charge in [0.15, 0.2) is 0 Å². The number of hydrogen-bond acceptors (Lipinski definition) is 9. The van der Waals surface area contributed by atoms with E-state index in [0.717, 1.165) is 17.9 Å². The van der Waals surface area contributed by atoms with Crippen molar-refractivity contribution >= 4 is 33.7 Å². The minimum Gasteiger partial charge on any atom is -0.726 e. The molecule has 1 heterocycles. The van der Waals surface area contributed by atoms with Crippen molar-refractivity contribution in [2.24, 2.45) is 24.3 Å². The third kappa shape index (κ3) is 9.05. The number of aryl methyl sites for hydroxylation is 2. The molecule has 34 heavy (non-hydrogen) atoms. The van der Waals surface area contributed by atoms with Gasteiger partial charge in [0.2, 0.25) is 16.7 Å². The van der Waals surface area contributed by atoms with E-state index in [9.17, 15) is 4.79 Å². The number of aromatic nitrogens is 3. The van der Waals surface area contributed by atoms with E-state index in [1.165, 1.54) is 0 Å². The van der Waals surface area contributed by atoms with Crippen molar-refractivity contribution in [1.29, 1.82) is 0 Å². The molecule has 0 radical (unpaired) electrons. The quantitative estimate of drug-likeness (QED) is 0.166. The number of rotatable bonds is 8. The highest BCUT2D eigenvalue weighted by Crippen LogP contribution is 2.21. The predicted molar refractivity (Wildman–Crippen MR) is 122 cm³/mol. The smallest absolute Gasteiger partial charge is 0.403 e. The van der Waals surface area contributed by atoms with Crippen molar-refractivity contribution in [3.63, 3.8) is 0 Å². The van der Waals surface area contributed by atoms with E-state index >= 15 is 0 Å². The lowest BCUT2D eigenvalue weighted by Crippen LogP contribution is -2.27. The molecule has 0 aliphatic rings. The summed E-state index contributed by atoms with van der Waals surface area (Å²) in [5.41, 5.74) is 2.35. The van der Waals surface area contributed by atoms with E-state index in [0.29, 0.717) is 24.7 Å². The molecule has 1 aromatic heterocycles. The zero-order chi connectivity index (χ0) is 25.1. The van der Waals surface area contributed by atoms with Gasteiger partial charge in [0.25, 0.3) is 0 Å². The van der Waals surface area contributed by atoms with E-state index in [1.807, 2.05) is 56.6 Å². The summed E-state index contributed by atoms with van der Waals surface area (Å²) >= 11 is 0. The van der Waals surface area contributed by atoms with Gasteiger partial charge in [-0.15, -0.1) is 4.68 Å². The average Bonchev–Trinajstić information content (AvgIpc) is 3.12. The number of carbonyl (C=O) groups excluding carboxylic acids is 1. The molecule has 0 aliphatic heterocycles. The topological polar surface area (TPSA) is 153 Å². The summed E-state index contributed by atoms with van der Waals surface area (Å²) < 4.78 is 41.7. The van der Waals surface area contributed by atoms with Crippen LogP contribution in [0.2, 0.25) is 0 Å². The van der Waals surface area contributed by atoms with Crippen LogP contribution in [0.15, 0.2) is 71.2 Å². The standard InChI is InChI=1S/C21H25N6O2.H2O4S/c1-4-27(14-15-29-20(28)17-8-6-5-7-9-17)19-12-10-18(11-13-19)23-24-21-25(2)16-22-26(21)3;1-5(2,3)4/h5-13,16H,4,14-15H2,1-3H3;(H2,1,2,3,4)/q+1;/p-1. The van der Waals surface area contributed by atoms with Gasteiger partial charge in [-0.05, 0) is 48.4 Å². The van der Waals surface area contributed by atoms with Gasteiger partial charge in [0.05, 0.1) is 31.9 Å². The summed E-state index contributed by atoms with van der Waals surface area (Å²) in [4.78, 5) is 14.2. The number of esters is 1. The van der Waals surface area contributed by atoms with Gasteiger partial charge in [-0.3, -0.25) is 4.55 Å². The summed E-state index contributed by atoms with van der Waals surface area (Å²) in [6.45, 7) is 3.80. The van der Waals surface area contributed by atoms with Gasteiger partial charge in [0, 0.05) is 17.3 Å². The Kier molecular flexibility index (Phi) is 9.79. The zero-order valence-corrected chi connectivity index (χ0v) is 19.8. The van der Waals surface area contributed by atoms with E-state index in [1.54, 1.807) is 27.7 Å². The molecule has 12 nitrogen and oxygen atoms in total. The fraction of sp³-hybridized carbons (Fsp3) is 0.286. The average molecular weight is 491 g/mol. The maximum absolute atomic E-state index is 12.0. The zero-order valence-electron chi connectivity index (χ0n) is 19.0. The normalized spacial score (nSPS) is 11.1. The summed E-state index contributed by atoms with van der Waals surface area (Å²) in [6.07, 6.45) is 1.68. The van der Waals surface area contributed by atoms with Crippen molar-refractivity contribution in [2.75, 3.05) is 24.6 Å². The number of carbonyl (C=O) groups is 1. The van der Waals surface area contributed by atoms with Gasteiger partial charge >= 0.3 is 11.9 Å². The van der Waals surface area contributed by atoms with E-state index < -0.39 is 10.4 Å². The molecule has 0 saturated carbocycles. The van der Waals surface area contributed by atoms with Crippen LogP contribution in [0.3, 0.4) is 0 Å². The van der Waals surface area contributed by atoms with Gasteiger partial charge in [0.1, 0.15) is 6.61 Å². The third-order valence-electron chi connectivity index (χ3n) is 4.46. The maximum Gasteiger partial charge on any atom is 0.403 e. The van der Waals surface area contributed by atoms with Gasteiger partial charge in [-0.1, -0.05) is 23.3 Å². The predicted octanol–water partition coefficient (Wildman–Crippen LogP) is 2.35. The number of anilines is 1. The highest BCUT2D eigenvalue weighted by molar-refractivity contribution is 7.79. The van der Waals surface area contributed by atoms with Crippen LogP contribution in [0.1, 0.15) is 17.3 Å². The minimum atomic E-state index is -4.92. The Hall–Kier alpha value is -3.68. The molecule has 13 heteroatoms. The Labute approximate surface area is 197 Å². The van der Waals surface area contributed by atoms with Crippen molar-refractivity contribution in [1.82, 2.24) is 9.78 Å². The molecule has 3 rings (SSSR count). The first kappa shape index (κ1) is 26.6. The van der Waals surface area contributed by atoms with Crippen molar-refractivity contribution in [3.8, 4) is 0 Å². The second-order valence-electron chi connectivity index (χ2n) is 6.89. The molecule has 0 saturated heterocycles. The first-order chi connectivity index (χ1) is 16.1. The van der Waals surface area contributed by atoms with Crippen LogP contribution in [0, 0.1) is 0 Å². The van der Waals surface area contributed by atoms with Gasteiger partial charge < -0.3 is 14.2 Å². The van der Waals surface area contributed by atoms with Crippen molar-refractivity contribution < 1.29 is 31.6 Å². The fourth-order valence-corrected chi connectivity index (χ4v) is 2.83. The van der Waals surface area contributed by atoms with Crippen LogP contribution in [0.4, 0.5) is 17.3 Å². The summed E-state index contributed by atoms with van der Waals surface area (Å²) in [7, 11) is -1.23. The lowest BCUT2D eigenvalue weighted by atomic mass is 10.2. The highest BCUT2D eigenvalue weighted by Gasteiger charge is 2.12. The third-order valence-corrected chi connectivity index (χ3v) is 4.46. The Morgan fingerprint density at radius 3 is 2.32 bits per heavy atom. The molecule has 1 N–H and O–H groups in total. The highest BCUT2D eigenvalue weighted by atomic mass is 32.3. The van der Waals surface area contributed by atoms with E-state index in [2.05, 4.69) is 27.2 Å². The molecule has 0 amide bonds. The molecule has 3 aromatic rings. The van der Waals surface area contributed by atoms with Crippen LogP contribution in [-0.2, 0) is 29.2 Å². The summed E-state index contributed by atoms with van der Waals surface area (Å²) in [5.74, 6) is 0.352. The van der Waals surface area contributed by atoms with E-state index in [-0.39, 0.29) is 5.97 Å². The molecule has 0 bridgehead atoms. The molecule has 2 aromatic carbocycles. The number of likely N-dealkylation sites (N-methyl/N-ethyl adjacent to an activating group) is 1. The summed E-state index contributed by atoms with van der Waals surface area (Å²) in [6, 6.07) is 16.8. The van der Waals surface area contributed by atoms with Crippen LogP contribution >= 0.6 is 0 Å². The molecular formula is C21H26N6O6S. The number of azo groups is 1. The number of hydrogen-bond donors (Lipinski definition) is 1. The molecule has 0 aliphatic carbocycles. The number of benzene rings is 2. The Morgan fingerprint density at radius 1 is 1.18 bits per heavy atom. The molecule has 0 unspecified atom stereocenters. The summed E-state index contributed by atoms with van der Waals surface area (Å²) in [5, 5.41) is 12.6. The maximum atomic E-state index is 12.0. The van der Waals surface area contributed by atoms with Crippen molar-refractivity contribution in [2.45, 2.75) is 6.92 Å². The lowest BCUT2D eigenvalue weighted by molar-refractivity contribution is -0.659. The largest absolute Gasteiger partial charge is 0.726 e. The van der Waals surface area contributed by atoms with E-state index in [4.69, 9.17) is 22.3 Å². The molecule has 0 atom stereocenters. The Balaban J connectivity index is 0.000000739. The molecular weight excluding hydrogens is 464 g/mol. The van der Waals surface area contributed by atoms with Gasteiger partial charge in [-0.25, -0.2) is 17.8 Å². The van der Waals surface area contributed by atoms with Crippen molar-refractivity contribution in [3.05, 3.63) is 66.5 Å². The number of ether oxygens (including phenoxy) is 1. The van der Waals surface area contributed by atoms with Crippen LogP contribution in [-0.4, -0.2) is 53.0 Å². The monoisotopic (exact) mass is 490 g/mol. The molecule has 0 spiro atoms.